The van der Waals surface area contributed by atoms with Crippen molar-refractivity contribution in [3.8, 4) is 0 Å². The summed E-state index contributed by atoms with van der Waals surface area (Å²) in [5, 5.41) is 0. The minimum atomic E-state index is -0.0388. The van der Waals surface area contributed by atoms with Gasteiger partial charge in [0.15, 0.2) is 0 Å². The van der Waals surface area contributed by atoms with Crippen molar-refractivity contribution >= 4 is 21.1 Å². The summed E-state index contributed by atoms with van der Waals surface area (Å²) in [5.74, 6) is 3.13. The van der Waals surface area contributed by atoms with E-state index in [-0.39, 0.29) is 21.1 Å². The summed E-state index contributed by atoms with van der Waals surface area (Å²) in [6.45, 7) is 16.3. The molecule has 0 saturated carbocycles. The van der Waals surface area contributed by atoms with Gasteiger partial charge < -0.3 is 0 Å². The van der Waals surface area contributed by atoms with Gasteiger partial charge in [-0.15, -0.1) is 0 Å². The Morgan fingerprint density at radius 3 is 1.28 bits per heavy atom. The molecule has 2 radical (unpaired) electrons. The van der Waals surface area contributed by atoms with Gasteiger partial charge in [0.25, 0.3) is 0 Å². The molecule has 0 aromatic heterocycles. The first-order valence-corrected chi connectivity index (χ1v) is 15.8. The molecule has 3 unspecified atom stereocenters. The van der Waals surface area contributed by atoms with Crippen LogP contribution < -0.4 is 0 Å². The van der Waals surface area contributed by atoms with Crippen molar-refractivity contribution < 1.29 is 0 Å². The van der Waals surface area contributed by atoms with Crippen molar-refractivity contribution in [2.24, 2.45) is 17.8 Å². The van der Waals surface area contributed by atoms with Crippen LogP contribution in [0.3, 0.4) is 0 Å². The molecular formula is C24H52Sn. The second-order valence-corrected chi connectivity index (χ2v) is 11.9. The molecule has 0 saturated heterocycles. The molecule has 0 fully saturated rings. The summed E-state index contributed by atoms with van der Waals surface area (Å²) in [4.78, 5) is 0. The summed E-state index contributed by atoms with van der Waals surface area (Å²) >= 11 is -0.0388. The van der Waals surface area contributed by atoms with Gasteiger partial charge in [0, 0.05) is 0 Å². The molecular weight excluding hydrogens is 407 g/mol. The second kappa shape index (κ2) is 22.8. The third-order valence-electron chi connectivity index (χ3n) is 5.70. The van der Waals surface area contributed by atoms with E-state index in [9.17, 15) is 0 Å². The van der Waals surface area contributed by atoms with E-state index >= 15 is 0 Å². The maximum atomic E-state index is 2.40. The number of hydrogen-bond donors (Lipinski definition) is 0. The van der Waals surface area contributed by atoms with Crippen LogP contribution in [0.1, 0.15) is 126 Å². The first-order valence-electron chi connectivity index (χ1n) is 11.8. The normalized spacial score (nSPS) is 14.5. The quantitative estimate of drug-likeness (QED) is 0.202. The molecule has 0 heterocycles. The van der Waals surface area contributed by atoms with Crippen LogP contribution in [0.25, 0.3) is 0 Å². The zero-order valence-electron chi connectivity index (χ0n) is 19.1. The third-order valence-corrected chi connectivity index (χ3v) is 10.6. The van der Waals surface area contributed by atoms with Crippen molar-refractivity contribution in [3.05, 3.63) is 0 Å². The van der Waals surface area contributed by atoms with Crippen LogP contribution in [-0.4, -0.2) is 21.1 Å². The average Bonchev–Trinajstić information content (AvgIpc) is 2.65. The second-order valence-electron chi connectivity index (χ2n) is 8.15. The molecule has 0 spiro atoms. The van der Waals surface area contributed by atoms with Crippen LogP contribution in [0.5, 0.6) is 0 Å². The molecule has 0 amide bonds. The predicted octanol–water partition coefficient (Wildman–Crippen LogP) is 9.18. The molecule has 25 heavy (non-hydrogen) atoms. The van der Waals surface area contributed by atoms with Crippen LogP contribution in [0.15, 0.2) is 0 Å². The van der Waals surface area contributed by atoms with Crippen molar-refractivity contribution in [2.45, 2.75) is 134 Å². The Hall–Kier alpha value is 0.799. The molecule has 0 rings (SSSR count). The van der Waals surface area contributed by atoms with Crippen molar-refractivity contribution in [1.29, 1.82) is 0 Å². The van der Waals surface area contributed by atoms with Crippen molar-refractivity contribution in [3.63, 3.8) is 0 Å². The van der Waals surface area contributed by atoms with E-state index in [2.05, 4.69) is 48.5 Å². The number of rotatable bonds is 16. The van der Waals surface area contributed by atoms with Crippen molar-refractivity contribution in [2.75, 3.05) is 0 Å². The molecule has 1 heteroatoms. The van der Waals surface area contributed by atoms with Gasteiger partial charge in [-0.2, -0.15) is 0 Å². The Morgan fingerprint density at radius 2 is 0.960 bits per heavy atom. The van der Waals surface area contributed by atoms with E-state index in [0.717, 1.165) is 17.8 Å². The topological polar surface area (TPSA) is 0 Å². The van der Waals surface area contributed by atoms with Crippen LogP contribution in [0.4, 0.5) is 0 Å². The number of hydrogen-bond acceptors (Lipinski definition) is 0. The zero-order chi connectivity index (χ0) is 19.3. The monoisotopic (exact) mass is 460 g/mol. The Balaban J connectivity index is 0. The van der Waals surface area contributed by atoms with E-state index in [1.54, 1.807) is 8.87 Å². The van der Waals surface area contributed by atoms with Crippen LogP contribution in [-0.2, 0) is 0 Å². The molecule has 0 aromatic carbocycles. The van der Waals surface area contributed by atoms with Crippen LogP contribution >= 0.6 is 0 Å². The minimum absolute atomic E-state index is 0.0388. The van der Waals surface area contributed by atoms with Crippen LogP contribution in [0.2, 0.25) is 8.87 Å². The predicted molar refractivity (Wildman–Crippen MR) is 121 cm³/mol. The summed E-state index contributed by atoms with van der Waals surface area (Å²) in [7, 11) is 0. The average molecular weight is 459 g/mol. The van der Waals surface area contributed by atoms with E-state index < -0.39 is 0 Å². The van der Waals surface area contributed by atoms with Gasteiger partial charge in [0.2, 0.25) is 0 Å². The summed E-state index contributed by atoms with van der Waals surface area (Å²) in [6, 6.07) is 0. The van der Waals surface area contributed by atoms with Gasteiger partial charge in [-0.3, -0.25) is 0 Å². The Morgan fingerprint density at radius 1 is 0.560 bits per heavy atom. The molecule has 0 nitrogen and oxygen atoms in total. The molecule has 152 valence electrons. The molecule has 0 aliphatic carbocycles. The summed E-state index contributed by atoms with van der Waals surface area (Å²) < 4.78 is 3.31. The Bertz CT molecular complexity index is 210. The van der Waals surface area contributed by atoms with E-state index in [4.69, 9.17) is 0 Å². The fourth-order valence-electron chi connectivity index (χ4n) is 3.13. The zero-order valence-corrected chi connectivity index (χ0v) is 22.0. The Kier molecular flexibility index (Phi) is 25.6. The maximum absolute atomic E-state index is 2.40. The molecule has 0 bridgehead atoms. The van der Waals surface area contributed by atoms with Gasteiger partial charge in [0.1, 0.15) is 0 Å². The van der Waals surface area contributed by atoms with Crippen LogP contribution in [0, 0.1) is 17.8 Å². The molecule has 0 aliphatic rings. The SMILES string of the molecule is CCCCC(C)CC.CCCCC(CC)[CH2][Sn][CH2]C(CC)CCCC. The number of unbranched alkanes of at least 4 members (excludes halogenated alkanes) is 3. The molecule has 0 aromatic rings. The fourth-order valence-corrected chi connectivity index (χ4v) is 8.75. The van der Waals surface area contributed by atoms with E-state index in [1.807, 2.05) is 0 Å². The van der Waals surface area contributed by atoms with Gasteiger partial charge >= 0.3 is 121 Å². The summed E-state index contributed by atoms with van der Waals surface area (Å²) in [6.07, 6.45) is 17.1. The third kappa shape index (κ3) is 21.0. The first-order chi connectivity index (χ1) is 12.1. The Labute approximate surface area is 172 Å². The van der Waals surface area contributed by atoms with Gasteiger partial charge in [0.05, 0.1) is 0 Å². The molecule has 3 atom stereocenters. The van der Waals surface area contributed by atoms with Gasteiger partial charge in [-0.05, 0) is 5.92 Å². The molecule has 0 N–H and O–H groups in total. The van der Waals surface area contributed by atoms with E-state index in [0.29, 0.717) is 0 Å². The standard InChI is InChI=1S/C8H18.2C8H17.Sn/c3*1-4-6-7-8(3)5-2;/h8H,4-7H2,1-3H3;2*8H,3-7H2,1-2H3;. The first kappa shape index (κ1) is 28.0. The van der Waals surface area contributed by atoms with Gasteiger partial charge in [-0.25, -0.2) is 0 Å². The van der Waals surface area contributed by atoms with Gasteiger partial charge in [-0.1, -0.05) is 46.5 Å². The molecule has 0 aliphatic heterocycles. The van der Waals surface area contributed by atoms with Crippen molar-refractivity contribution in [1.82, 2.24) is 0 Å². The fraction of sp³-hybridized carbons (Fsp3) is 1.00. The summed E-state index contributed by atoms with van der Waals surface area (Å²) in [5.41, 5.74) is 0. The van der Waals surface area contributed by atoms with E-state index in [1.165, 1.54) is 77.0 Å².